The largest absolute Gasteiger partial charge is 0.444 e. The van der Waals surface area contributed by atoms with Gasteiger partial charge in [0.1, 0.15) is 5.60 Å². The monoisotopic (exact) mass is 463 g/mol. The first-order valence-corrected chi connectivity index (χ1v) is 10.3. The summed E-state index contributed by atoms with van der Waals surface area (Å²) in [5, 5.41) is 5.00. The molecule has 0 N–H and O–H groups in total. The minimum Gasteiger partial charge on any atom is -0.444 e. The van der Waals surface area contributed by atoms with Crippen LogP contribution in [0.3, 0.4) is 0 Å². The molecule has 9 heteroatoms. The van der Waals surface area contributed by atoms with E-state index in [4.69, 9.17) is 16.3 Å². The van der Waals surface area contributed by atoms with Crippen molar-refractivity contribution in [3.05, 3.63) is 70.4 Å². The molecule has 2 aromatic carbocycles. The van der Waals surface area contributed by atoms with E-state index in [0.717, 1.165) is 6.07 Å². The van der Waals surface area contributed by atoms with Gasteiger partial charge in [-0.1, -0.05) is 35.9 Å². The van der Waals surface area contributed by atoms with Gasteiger partial charge in [0.2, 0.25) is 0 Å². The van der Waals surface area contributed by atoms with Crippen molar-refractivity contribution in [2.24, 2.45) is 0 Å². The summed E-state index contributed by atoms with van der Waals surface area (Å²) in [6.45, 7) is 5.64. The second-order valence-corrected chi connectivity index (χ2v) is 8.98. The van der Waals surface area contributed by atoms with Gasteiger partial charge in [-0.2, -0.15) is 18.3 Å². The van der Waals surface area contributed by atoms with Crippen molar-refractivity contribution in [1.29, 1.82) is 0 Å². The zero-order chi connectivity index (χ0) is 23.3. The minimum atomic E-state index is -4.55. The first kappa shape index (κ1) is 22.2. The molecule has 1 amide bonds. The molecule has 0 saturated carbocycles. The van der Waals surface area contributed by atoms with Gasteiger partial charge in [0.05, 0.1) is 35.7 Å². The summed E-state index contributed by atoms with van der Waals surface area (Å²) >= 11 is 6.02. The summed E-state index contributed by atoms with van der Waals surface area (Å²) < 4.78 is 47.9. The Hall–Kier alpha value is -3.00. The molecule has 0 spiro atoms. The molecule has 0 fully saturated rings. The molecule has 0 bridgehead atoms. The first-order valence-electron chi connectivity index (χ1n) is 9.95. The lowest BCUT2D eigenvalue weighted by Crippen LogP contribution is -2.33. The number of benzene rings is 2. The fourth-order valence-corrected chi connectivity index (χ4v) is 3.77. The number of hydrogen-bond donors (Lipinski definition) is 0. The molecule has 0 radical (unpaired) electrons. The van der Waals surface area contributed by atoms with Gasteiger partial charge in [-0.25, -0.2) is 9.48 Å². The maximum absolute atomic E-state index is 13.7. The second-order valence-electron chi connectivity index (χ2n) is 8.54. The summed E-state index contributed by atoms with van der Waals surface area (Å²) in [5.74, 6) is 0. The van der Waals surface area contributed by atoms with E-state index in [1.807, 2.05) is 0 Å². The average molecular weight is 464 g/mol. The Labute approximate surface area is 188 Å². The van der Waals surface area contributed by atoms with Gasteiger partial charge < -0.3 is 4.74 Å². The Kier molecular flexibility index (Phi) is 5.45. The van der Waals surface area contributed by atoms with Crippen molar-refractivity contribution in [3.8, 4) is 16.9 Å². The standard InChI is InChI=1S/C23H21ClF3N3O2/c1-22(2,3)32-21(31)29-12-16-18(13-29)28-30(20(16)14-8-10-15(24)11-9-14)19-7-5-4-6-17(19)23(25,26)27/h4-11H,12-13H2,1-3H3. The van der Waals surface area contributed by atoms with Crippen molar-refractivity contribution in [1.82, 2.24) is 14.7 Å². The van der Waals surface area contributed by atoms with E-state index < -0.39 is 23.4 Å². The zero-order valence-corrected chi connectivity index (χ0v) is 18.5. The van der Waals surface area contributed by atoms with Crippen LogP contribution < -0.4 is 0 Å². The van der Waals surface area contributed by atoms with Crippen molar-refractivity contribution in [3.63, 3.8) is 0 Å². The molecule has 4 rings (SSSR count). The van der Waals surface area contributed by atoms with Gasteiger partial charge in [-0.15, -0.1) is 0 Å². The quantitative estimate of drug-likeness (QED) is 0.438. The molecule has 0 unspecified atom stereocenters. The fourth-order valence-electron chi connectivity index (χ4n) is 3.65. The molecule has 1 aromatic heterocycles. The first-order chi connectivity index (χ1) is 14.9. The Morgan fingerprint density at radius 2 is 1.69 bits per heavy atom. The lowest BCUT2D eigenvalue weighted by molar-refractivity contribution is -0.137. The van der Waals surface area contributed by atoms with E-state index >= 15 is 0 Å². The lowest BCUT2D eigenvalue weighted by Gasteiger charge is -2.24. The smallest absolute Gasteiger partial charge is 0.418 e. The molecule has 0 atom stereocenters. The van der Waals surface area contributed by atoms with E-state index in [2.05, 4.69) is 5.10 Å². The number of halogens is 4. The Balaban J connectivity index is 1.83. The predicted molar refractivity (Wildman–Crippen MR) is 114 cm³/mol. The van der Waals surface area contributed by atoms with Crippen LogP contribution in [0.15, 0.2) is 48.5 Å². The molecule has 0 saturated heterocycles. The molecule has 3 aromatic rings. The van der Waals surface area contributed by atoms with Crippen LogP contribution in [0.2, 0.25) is 5.02 Å². The third-order valence-corrected chi connectivity index (χ3v) is 5.22. The highest BCUT2D eigenvalue weighted by atomic mass is 35.5. The maximum atomic E-state index is 13.7. The van der Waals surface area contributed by atoms with Crippen LogP contribution in [0.1, 0.15) is 37.6 Å². The normalized spacial score (nSPS) is 13.9. The Morgan fingerprint density at radius 1 is 1.03 bits per heavy atom. The number of nitrogens with zero attached hydrogens (tertiary/aromatic N) is 3. The molecule has 0 aliphatic carbocycles. The van der Waals surface area contributed by atoms with Crippen LogP contribution >= 0.6 is 11.6 Å². The van der Waals surface area contributed by atoms with Gasteiger partial charge in [0, 0.05) is 16.1 Å². The maximum Gasteiger partial charge on any atom is 0.418 e. The fraction of sp³-hybridized carbons (Fsp3) is 0.304. The van der Waals surface area contributed by atoms with Gasteiger partial charge in [0.15, 0.2) is 0 Å². The average Bonchev–Trinajstić information content (AvgIpc) is 3.25. The van der Waals surface area contributed by atoms with Crippen LogP contribution in [-0.2, 0) is 24.0 Å². The van der Waals surface area contributed by atoms with E-state index in [0.29, 0.717) is 27.5 Å². The van der Waals surface area contributed by atoms with E-state index in [9.17, 15) is 18.0 Å². The summed E-state index contributed by atoms with van der Waals surface area (Å²) in [5.41, 5.74) is 0.795. The van der Waals surface area contributed by atoms with Crippen molar-refractivity contribution in [2.45, 2.75) is 45.6 Å². The van der Waals surface area contributed by atoms with E-state index in [1.165, 1.54) is 27.8 Å². The molecule has 1 aliphatic heterocycles. The van der Waals surface area contributed by atoms with Crippen LogP contribution in [-0.4, -0.2) is 26.4 Å². The summed E-state index contributed by atoms with van der Waals surface area (Å²) in [4.78, 5) is 14.1. The van der Waals surface area contributed by atoms with Gasteiger partial charge >= 0.3 is 12.3 Å². The highest BCUT2D eigenvalue weighted by Crippen LogP contribution is 2.39. The van der Waals surface area contributed by atoms with Crippen LogP contribution in [0.5, 0.6) is 0 Å². The molecule has 168 valence electrons. The zero-order valence-electron chi connectivity index (χ0n) is 17.7. The number of amides is 1. The summed E-state index contributed by atoms with van der Waals surface area (Å²) in [7, 11) is 0. The Morgan fingerprint density at radius 3 is 2.31 bits per heavy atom. The number of carbonyl (C=O) groups excluding carboxylic acids is 1. The van der Waals surface area contributed by atoms with Crippen molar-refractivity contribution >= 4 is 17.7 Å². The van der Waals surface area contributed by atoms with Crippen LogP contribution in [0.4, 0.5) is 18.0 Å². The SMILES string of the molecule is CC(C)(C)OC(=O)N1Cc2nn(-c3ccccc3C(F)(F)F)c(-c3ccc(Cl)cc3)c2C1. The molecule has 2 heterocycles. The van der Waals surface area contributed by atoms with Crippen LogP contribution in [0.25, 0.3) is 16.9 Å². The number of aromatic nitrogens is 2. The summed E-state index contributed by atoms with van der Waals surface area (Å²) in [6.07, 6.45) is -5.05. The number of rotatable bonds is 2. The number of carbonyl (C=O) groups is 1. The minimum absolute atomic E-state index is 0.0804. The van der Waals surface area contributed by atoms with Gasteiger partial charge in [0.25, 0.3) is 0 Å². The number of hydrogen-bond acceptors (Lipinski definition) is 3. The highest BCUT2D eigenvalue weighted by molar-refractivity contribution is 6.30. The number of alkyl halides is 3. The molecule has 1 aliphatic rings. The summed E-state index contributed by atoms with van der Waals surface area (Å²) in [6, 6.07) is 12.1. The number of para-hydroxylation sites is 1. The molecular formula is C23H21ClF3N3O2. The molecule has 32 heavy (non-hydrogen) atoms. The topological polar surface area (TPSA) is 47.4 Å². The molecule has 5 nitrogen and oxygen atoms in total. The Bertz CT molecular complexity index is 1160. The van der Waals surface area contributed by atoms with E-state index in [-0.39, 0.29) is 18.8 Å². The second kappa shape index (κ2) is 7.85. The predicted octanol–water partition coefficient (Wildman–Crippen LogP) is 6.46. The highest BCUT2D eigenvalue weighted by Gasteiger charge is 2.37. The third-order valence-electron chi connectivity index (χ3n) is 4.96. The van der Waals surface area contributed by atoms with Gasteiger partial charge in [-0.05, 0) is 45.0 Å². The van der Waals surface area contributed by atoms with Crippen molar-refractivity contribution in [2.75, 3.05) is 0 Å². The van der Waals surface area contributed by atoms with Crippen molar-refractivity contribution < 1.29 is 22.7 Å². The van der Waals surface area contributed by atoms with E-state index in [1.54, 1.807) is 45.0 Å². The van der Waals surface area contributed by atoms with Crippen LogP contribution in [0, 0.1) is 0 Å². The number of ether oxygens (including phenoxy) is 1. The molecular weight excluding hydrogens is 443 g/mol. The number of fused-ring (bicyclic) bond motifs is 1. The lowest BCUT2D eigenvalue weighted by atomic mass is 10.1. The van der Waals surface area contributed by atoms with Gasteiger partial charge in [-0.3, -0.25) is 4.90 Å². The third kappa shape index (κ3) is 4.32.